The lowest BCUT2D eigenvalue weighted by Crippen LogP contribution is -2.36. The third kappa shape index (κ3) is 5.34. The van der Waals surface area contributed by atoms with Crippen LogP contribution in [0.1, 0.15) is 59.1 Å². The molecule has 4 aromatic rings. The lowest BCUT2D eigenvalue weighted by atomic mass is 9.91. The monoisotopic (exact) mass is 593 g/mol. The molecule has 1 amide bonds. The van der Waals surface area contributed by atoms with Crippen molar-refractivity contribution in [1.82, 2.24) is 14.9 Å². The van der Waals surface area contributed by atoms with Crippen LogP contribution in [-0.4, -0.2) is 32.4 Å². The highest BCUT2D eigenvalue weighted by molar-refractivity contribution is 6.30. The van der Waals surface area contributed by atoms with E-state index in [9.17, 15) is 27.9 Å². The fourth-order valence-corrected chi connectivity index (χ4v) is 5.86. The van der Waals surface area contributed by atoms with Crippen LogP contribution in [0.25, 0.3) is 11.1 Å². The normalized spacial score (nSPS) is 16.8. The Morgan fingerprint density at radius 3 is 2.45 bits per heavy atom. The number of aromatic nitrogens is 2. The molecule has 1 atom stereocenters. The minimum Gasteiger partial charge on any atom is -0.378 e. The molecule has 1 fully saturated rings. The van der Waals surface area contributed by atoms with Crippen molar-refractivity contribution < 1.29 is 23.1 Å². The molecule has 2 N–H and O–H groups in total. The Kier molecular flexibility index (Phi) is 7.19. The molecule has 6 nitrogen and oxygen atoms in total. The summed E-state index contributed by atoms with van der Waals surface area (Å²) in [5.41, 5.74) is 2.26. The summed E-state index contributed by atoms with van der Waals surface area (Å²) >= 11 is 6.03. The topological polar surface area (TPSA) is 86.3 Å². The van der Waals surface area contributed by atoms with Gasteiger partial charge in [-0.1, -0.05) is 60.1 Å². The maximum atomic E-state index is 13.4. The van der Waals surface area contributed by atoms with E-state index >= 15 is 0 Å². The van der Waals surface area contributed by atoms with Crippen molar-refractivity contribution >= 4 is 17.5 Å². The van der Waals surface area contributed by atoms with E-state index in [1.807, 2.05) is 24.3 Å². The van der Waals surface area contributed by atoms with Crippen LogP contribution in [0.4, 0.5) is 13.2 Å². The average Bonchev–Trinajstić information content (AvgIpc) is 3.81. The van der Waals surface area contributed by atoms with Crippen molar-refractivity contribution in [2.24, 2.45) is 0 Å². The number of fused-ring (bicyclic) bond motifs is 1. The summed E-state index contributed by atoms with van der Waals surface area (Å²) in [6.07, 6.45) is -3.19. The first kappa shape index (κ1) is 28.2. The molecule has 0 spiro atoms. The van der Waals surface area contributed by atoms with Crippen molar-refractivity contribution in [3.8, 4) is 11.1 Å². The van der Waals surface area contributed by atoms with Gasteiger partial charge in [-0.05, 0) is 72.2 Å². The highest BCUT2D eigenvalue weighted by Crippen LogP contribution is 2.52. The molecule has 1 aliphatic carbocycles. The minimum absolute atomic E-state index is 0.0326. The SMILES string of the molecule is O=C([C@H](O)c1cccc(Cl)c1)N1CCCc2nc(C3(c4cccc(-c5ccc(C(F)(F)F)cc5)c4)CC3)[nH]c(=O)c2C1. The van der Waals surface area contributed by atoms with E-state index < -0.39 is 29.2 Å². The van der Waals surface area contributed by atoms with E-state index in [2.05, 4.69) is 4.98 Å². The Morgan fingerprint density at radius 1 is 1.02 bits per heavy atom. The van der Waals surface area contributed by atoms with Crippen molar-refractivity contribution in [1.29, 1.82) is 0 Å². The van der Waals surface area contributed by atoms with E-state index in [1.165, 1.54) is 23.1 Å². The molecule has 1 aliphatic heterocycles. The van der Waals surface area contributed by atoms with Gasteiger partial charge in [0.2, 0.25) is 0 Å². The lowest BCUT2D eigenvalue weighted by molar-refractivity contribution is -0.141. The van der Waals surface area contributed by atoms with Gasteiger partial charge in [0.25, 0.3) is 11.5 Å². The van der Waals surface area contributed by atoms with E-state index in [4.69, 9.17) is 16.6 Å². The Balaban J connectivity index is 1.27. The summed E-state index contributed by atoms with van der Waals surface area (Å²) in [4.78, 5) is 35.9. The highest BCUT2D eigenvalue weighted by atomic mass is 35.5. The number of hydrogen-bond donors (Lipinski definition) is 2. The Labute approximate surface area is 244 Å². The number of aliphatic hydroxyl groups is 1. The molecule has 0 unspecified atom stereocenters. The number of benzene rings is 3. The molecule has 0 saturated heterocycles. The number of rotatable bonds is 5. The van der Waals surface area contributed by atoms with Gasteiger partial charge in [-0.2, -0.15) is 13.2 Å². The molecule has 216 valence electrons. The molecule has 6 rings (SSSR count). The zero-order valence-corrected chi connectivity index (χ0v) is 23.2. The van der Waals surface area contributed by atoms with Gasteiger partial charge in [0.1, 0.15) is 5.82 Å². The Bertz CT molecular complexity index is 1710. The van der Waals surface area contributed by atoms with Crippen molar-refractivity contribution in [2.75, 3.05) is 6.54 Å². The maximum absolute atomic E-state index is 13.4. The Morgan fingerprint density at radius 2 is 1.76 bits per heavy atom. The number of H-pyrrole nitrogens is 1. The quantitative estimate of drug-likeness (QED) is 0.289. The van der Waals surface area contributed by atoms with Crippen LogP contribution >= 0.6 is 11.6 Å². The van der Waals surface area contributed by atoms with Crippen molar-refractivity contribution in [3.63, 3.8) is 0 Å². The smallest absolute Gasteiger partial charge is 0.378 e. The Hall–Kier alpha value is -3.95. The molecule has 0 bridgehead atoms. The lowest BCUT2D eigenvalue weighted by Gasteiger charge is -2.24. The van der Waals surface area contributed by atoms with Crippen molar-refractivity contribution in [2.45, 2.75) is 49.9 Å². The number of halogens is 4. The fraction of sp³-hybridized carbons (Fsp3) is 0.281. The second-order valence-electron chi connectivity index (χ2n) is 10.9. The van der Waals surface area contributed by atoms with E-state index in [0.29, 0.717) is 52.6 Å². The van der Waals surface area contributed by atoms with Gasteiger partial charge in [-0.3, -0.25) is 9.59 Å². The summed E-state index contributed by atoms with van der Waals surface area (Å²) in [6.45, 7) is 0.396. The van der Waals surface area contributed by atoms with Gasteiger partial charge in [0, 0.05) is 11.6 Å². The summed E-state index contributed by atoms with van der Waals surface area (Å²) < 4.78 is 39.1. The number of carbonyl (C=O) groups excluding carboxylic acids is 1. The number of nitrogens with zero attached hydrogens (tertiary/aromatic N) is 2. The first-order chi connectivity index (χ1) is 20.0. The van der Waals surface area contributed by atoms with Crippen LogP contribution in [-0.2, 0) is 29.4 Å². The molecule has 2 aliphatic rings. The number of nitrogens with one attached hydrogen (secondary N) is 1. The van der Waals surface area contributed by atoms with Gasteiger partial charge in [0.15, 0.2) is 6.10 Å². The molecule has 42 heavy (non-hydrogen) atoms. The molecule has 3 aromatic carbocycles. The molecule has 10 heteroatoms. The summed E-state index contributed by atoms with van der Waals surface area (Å²) in [5.74, 6) is 0.0434. The first-order valence-corrected chi connectivity index (χ1v) is 14.1. The number of amides is 1. The highest BCUT2D eigenvalue weighted by Gasteiger charge is 2.49. The molecule has 2 heterocycles. The molecular weight excluding hydrogens is 567 g/mol. The fourth-order valence-electron chi connectivity index (χ4n) is 5.66. The predicted molar refractivity (Wildman–Crippen MR) is 152 cm³/mol. The van der Waals surface area contributed by atoms with Crippen molar-refractivity contribution in [3.05, 3.63) is 122 Å². The summed E-state index contributed by atoms with van der Waals surface area (Å²) in [6, 6.07) is 19.1. The predicted octanol–water partition coefficient (Wildman–Crippen LogP) is 6.20. The number of carbonyl (C=O) groups is 1. The van der Waals surface area contributed by atoms with E-state index in [0.717, 1.165) is 36.1 Å². The van der Waals surface area contributed by atoms with Crippen LogP contribution in [0.3, 0.4) is 0 Å². The molecule has 1 saturated carbocycles. The summed E-state index contributed by atoms with van der Waals surface area (Å²) in [5, 5.41) is 11.1. The summed E-state index contributed by atoms with van der Waals surface area (Å²) in [7, 11) is 0. The van der Waals surface area contributed by atoms with Crippen LogP contribution in [0.15, 0.2) is 77.6 Å². The standard InChI is InChI=1S/C32H27ClF3N3O3/c33-24-7-2-5-21(17-24)27(40)29(42)39-15-3-8-26-25(18-39)28(41)38-30(37-26)31(13-14-31)23-6-1-4-20(16-23)19-9-11-22(12-10-19)32(34,35)36/h1-2,4-7,9-12,16-17,27,40H,3,8,13-15,18H2,(H,37,38,41)/t27-/m1/s1. The number of aliphatic hydroxyl groups excluding tert-OH is 1. The zero-order valence-electron chi connectivity index (χ0n) is 22.4. The van der Waals surface area contributed by atoms with Gasteiger partial charge >= 0.3 is 6.18 Å². The van der Waals surface area contributed by atoms with Gasteiger partial charge in [0.05, 0.1) is 28.8 Å². The molecular formula is C32H27ClF3N3O3. The number of hydrogen-bond acceptors (Lipinski definition) is 4. The second kappa shape index (κ2) is 10.7. The van der Waals surface area contributed by atoms with Gasteiger partial charge in [-0.15, -0.1) is 0 Å². The molecule has 0 radical (unpaired) electrons. The number of aryl methyl sites for hydroxylation is 1. The first-order valence-electron chi connectivity index (χ1n) is 13.7. The third-order valence-electron chi connectivity index (χ3n) is 8.17. The zero-order chi connectivity index (χ0) is 29.6. The van der Waals surface area contributed by atoms with E-state index in [1.54, 1.807) is 18.2 Å². The van der Waals surface area contributed by atoms with Gasteiger partial charge in [-0.25, -0.2) is 4.98 Å². The largest absolute Gasteiger partial charge is 0.416 e. The second-order valence-corrected chi connectivity index (χ2v) is 11.3. The number of alkyl halides is 3. The van der Waals surface area contributed by atoms with Crippen LogP contribution in [0.5, 0.6) is 0 Å². The third-order valence-corrected chi connectivity index (χ3v) is 8.40. The average molecular weight is 594 g/mol. The number of aromatic amines is 1. The van der Waals surface area contributed by atoms with Crippen LogP contribution in [0.2, 0.25) is 5.02 Å². The van der Waals surface area contributed by atoms with E-state index in [-0.39, 0.29) is 12.1 Å². The maximum Gasteiger partial charge on any atom is 0.416 e. The van der Waals surface area contributed by atoms with Crippen LogP contribution in [0, 0.1) is 0 Å². The van der Waals surface area contributed by atoms with Crippen LogP contribution < -0.4 is 5.56 Å². The van der Waals surface area contributed by atoms with Gasteiger partial charge < -0.3 is 15.0 Å². The minimum atomic E-state index is -4.40. The molecule has 1 aromatic heterocycles.